The minimum absolute atomic E-state index is 0.219. The number of rotatable bonds is 6. The van der Waals surface area contributed by atoms with Gasteiger partial charge in [-0.1, -0.05) is 54.6 Å². The van der Waals surface area contributed by atoms with Gasteiger partial charge in [-0.05, 0) is 28.6 Å². The third-order valence-electron chi connectivity index (χ3n) is 5.15. The average Bonchev–Trinajstić information content (AvgIpc) is 3.55. The molecule has 1 atom stereocenters. The summed E-state index contributed by atoms with van der Waals surface area (Å²) in [5.74, 6) is 1.34. The molecule has 0 aliphatic heterocycles. The van der Waals surface area contributed by atoms with Crippen molar-refractivity contribution in [3.63, 3.8) is 0 Å². The quantitative estimate of drug-likeness (QED) is 0.261. The number of fused-ring (bicyclic) bond motifs is 1. The summed E-state index contributed by atoms with van der Waals surface area (Å²) in [5.41, 5.74) is 10.7. The van der Waals surface area contributed by atoms with Crippen molar-refractivity contribution in [3.05, 3.63) is 101 Å². The van der Waals surface area contributed by atoms with Crippen molar-refractivity contribution in [2.75, 3.05) is 0 Å². The monoisotopic (exact) mass is 411 g/mol. The fourth-order valence-corrected chi connectivity index (χ4v) is 4.27. The highest BCUT2D eigenvalue weighted by molar-refractivity contribution is 7.12. The highest BCUT2D eigenvalue weighted by Crippen LogP contribution is 2.28. The Kier molecular flexibility index (Phi) is 4.91. The fraction of sp³-hybridized carbons (Fsp3) is 0.0833. The van der Waals surface area contributed by atoms with E-state index in [0.29, 0.717) is 12.3 Å². The Labute approximate surface area is 178 Å². The van der Waals surface area contributed by atoms with Crippen LogP contribution in [0.1, 0.15) is 22.3 Å². The van der Waals surface area contributed by atoms with Gasteiger partial charge in [0.25, 0.3) is 0 Å². The van der Waals surface area contributed by atoms with Crippen LogP contribution < -0.4 is 5.73 Å². The largest absolute Gasteiger partial charge is 0.383 e. The third kappa shape index (κ3) is 3.65. The second-order valence-corrected chi connectivity index (χ2v) is 8.07. The topological polar surface area (TPSA) is 82.8 Å². The lowest BCUT2D eigenvalue weighted by Crippen LogP contribution is -2.15. The molecule has 2 aromatic carbocycles. The van der Waals surface area contributed by atoms with Crippen molar-refractivity contribution in [3.8, 4) is 11.3 Å². The van der Waals surface area contributed by atoms with E-state index in [0.717, 1.165) is 27.5 Å². The van der Waals surface area contributed by atoms with Gasteiger partial charge in [-0.3, -0.25) is 4.99 Å². The second kappa shape index (κ2) is 8.00. The molecule has 0 bridgehead atoms. The van der Waals surface area contributed by atoms with Gasteiger partial charge >= 0.3 is 0 Å². The summed E-state index contributed by atoms with van der Waals surface area (Å²) >= 11 is 1.59. The first-order valence-corrected chi connectivity index (χ1v) is 10.7. The molecule has 0 amide bonds. The predicted molar refractivity (Wildman–Crippen MR) is 124 cm³/mol. The molecule has 3 aromatic heterocycles. The SMILES string of the molecule is NC(=N[C@H](Cc1c[nH]c2ccccc12)c1ncc(-c2ccccc2)[nH]1)c1cccs1. The van der Waals surface area contributed by atoms with Gasteiger partial charge in [0.05, 0.1) is 16.8 Å². The summed E-state index contributed by atoms with van der Waals surface area (Å²) in [5, 5.41) is 3.20. The molecule has 3 heterocycles. The molecule has 5 aromatic rings. The minimum atomic E-state index is -0.219. The lowest BCUT2D eigenvalue weighted by atomic mass is 10.0. The number of hydrogen-bond acceptors (Lipinski definition) is 3. The first-order chi connectivity index (χ1) is 14.8. The summed E-state index contributed by atoms with van der Waals surface area (Å²) in [6.07, 6.45) is 4.61. The van der Waals surface area contributed by atoms with Crippen LogP contribution in [0.5, 0.6) is 0 Å². The Morgan fingerprint density at radius 3 is 2.70 bits per heavy atom. The molecule has 0 unspecified atom stereocenters. The summed E-state index contributed by atoms with van der Waals surface area (Å²) in [4.78, 5) is 17.3. The molecule has 0 aliphatic rings. The average molecular weight is 412 g/mol. The number of H-pyrrole nitrogens is 2. The zero-order chi connectivity index (χ0) is 20.3. The molecule has 30 heavy (non-hydrogen) atoms. The summed E-state index contributed by atoms with van der Waals surface area (Å²) in [6, 6.07) is 22.2. The molecular weight excluding hydrogens is 390 g/mol. The Morgan fingerprint density at radius 2 is 1.87 bits per heavy atom. The molecule has 5 rings (SSSR count). The molecule has 4 N–H and O–H groups in total. The van der Waals surface area contributed by atoms with Crippen LogP contribution in [-0.2, 0) is 6.42 Å². The van der Waals surface area contributed by atoms with E-state index >= 15 is 0 Å². The van der Waals surface area contributed by atoms with Crippen LogP contribution in [0.2, 0.25) is 0 Å². The minimum Gasteiger partial charge on any atom is -0.383 e. The van der Waals surface area contributed by atoms with E-state index in [1.54, 1.807) is 11.3 Å². The fourth-order valence-electron chi connectivity index (χ4n) is 3.64. The Hall–Kier alpha value is -3.64. The molecule has 0 fully saturated rings. The van der Waals surface area contributed by atoms with Gasteiger partial charge in [0.15, 0.2) is 0 Å². The number of aromatic nitrogens is 3. The van der Waals surface area contributed by atoms with Crippen molar-refractivity contribution < 1.29 is 0 Å². The maximum atomic E-state index is 6.35. The zero-order valence-electron chi connectivity index (χ0n) is 16.2. The Balaban J connectivity index is 1.53. The summed E-state index contributed by atoms with van der Waals surface area (Å²) < 4.78 is 0. The molecule has 6 heteroatoms. The van der Waals surface area contributed by atoms with E-state index in [1.165, 1.54) is 10.9 Å². The highest BCUT2D eigenvalue weighted by atomic mass is 32.1. The Morgan fingerprint density at radius 1 is 1.03 bits per heavy atom. The number of amidine groups is 1. The second-order valence-electron chi connectivity index (χ2n) is 7.12. The molecule has 0 aliphatic carbocycles. The lowest BCUT2D eigenvalue weighted by Gasteiger charge is -2.11. The predicted octanol–water partition coefficient (Wildman–Crippen LogP) is 5.31. The molecule has 0 saturated heterocycles. The van der Waals surface area contributed by atoms with E-state index in [-0.39, 0.29) is 6.04 Å². The van der Waals surface area contributed by atoms with Crippen molar-refractivity contribution in [2.45, 2.75) is 12.5 Å². The number of aliphatic imine (C=N–C) groups is 1. The van der Waals surface area contributed by atoms with Gasteiger partial charge in [-0.15, -0.1) is 11.3 Å². The summed E-state index contributed by atoms with van der Waals surface area (Å²) in [6.45, 7) is 0. The molecule has 5 nitrogen and oxygen atoms in total. The van der Waals surface area contributed by atoms with Crippen molar-refractivity contribution in [1.82, 2.24) is 15.0 Å². The lowest BCUT2D eigenvalue weighted by molar-refractivity contribution is 0.683. The number of imidazole rings is 1. The van der Waals surface area contributed by atoms with Crippen LogP contribution in [0.15, 0.2) is 89.5 Å². The maximum absolute atomic E-state index is 6.35. The number of nitrogens with zero attached hydrogens (tertiary/aromatic N) is 2. The van der Waals surface area contributed by atoms with Crippen LogP contribution in [-0.4, -0.2) is 20.8 Å². The van der Waals surface area contributed by atoms with Crippen molar-refractivity contribution >= 4 is 28.1 Å². The molecule has 148 valence electrons. The number of thiophene rings is 1. The highest BCUT2D eigenvalue weighted by Gasteiger charge is 2.19. The van der Waals surface area contributed by atoms with Gasteiger partial charge in [-0.2, -0.15) is 0 Å². The van der Waals surface area contributed by atoms with Gasteiger partial charge in [-0.25, -0.2) is 4.98 Å². The number of hydrogen-bond donors (Lipinski definition) is 3. The van der Waals surface area contributed by atoms with Crippen LogP contribution >= 0.6 is 11.3 Å². The van der Waals surface area contributed by atoms with Gasteiger partial charge in [0.1, 0.15) is 17.7 Å². The molecule has 0 saturated carbocycles. The third-order valence-corrected chi connectivity index (χ3v) is 6.05. The van der Waals surface area contributed by atoms with Gasteiger partial charge < -0.3 is 15.7 Å². The van der Waals surface area contributed by atoms with E-state index in [9.17, 15) is 0 Å². The summed E-state index contributed by atoms with van der Waals surface area (Å²) in [7, 11) is 0. The smallest absolute Gasteiger partial charge is 0.136 e. The normalized spacial score (nSPS) is 13.0. The van der Waals surface area contributed by atoms with Crippen molar-refractivity contribution in [1.29, 1.82) is 0 Å². The van der Waals surface area contributed by atoms with Crippen LogP contribution in [0.4, 0.5) is 0 Å². The van der Waals surface area contributed by atoms with Crippen LogP contribution in [0, 0.1) is 0 Å². The number of nitrogens with two attached hydrogens (primary N) is 1. The first-order valence-electron chi connectivity index (χ1n) is 9.80. The molecule has 0 radical (unpaired) electrons. The van der Waals surface area contributed by atoms with Gasteiger partial charge in [0, 0.05) is 23.5 Å². The van der Waals surface area contributed by atoms with Crippen LogP contribution in [0.3, 0.4) is 0 Å². The number of para-hydroxylation sites is 1. The van der Waals surface area contributed by atoms with E-state index in [2.05, 4.69) is 51.5 Å². The Bertz CT molecular complexity index is 1280. The first kappa shape index (κ1) is 18.4. The van der Waals surface area contributed by atoms with E-state index < -0.39 is 0 Å². The number of aromatic amines is 2. The van der Waals surface area contributed by atoms with Crippen LogP contribution in [0.25, 0.3) is 22.2 Å². The number of benzene rings is 2. The molecule has 0 spiro atoms. The van der Waals surface area contributed by atoms with E-state index in [4.69, 9.17) is 10.7 Å². The molecular formula is C24H21N5S. The zero-order valence-corrected chi connectivity index (χ0v) is 17.1. The van der Waals surface area contributed by atoms with Crippen molar-refractivity contribution in [2.24, 2.45) is 10.7 Å². The maximum Gasteiger partial charge on any atom is 0.136 e. The van der Waals surface area contributed by atoms with E-state index in [1.807, 2.05) is 48.0 Å². The van der Waals surface area contributed by atoms with Gasteiger partial charge in [0.2, 0.25) is 0 Å². The standard InChI is InChI=1S/C24H21N5S/c25-23(22-11-6-12-30-22)28-20(13-17-14-26-19-10-5-4-9-18(17)19)24-27-15-21(29-24)16-7-2-1-3-8-16/h1-12,14-15,20,26H,13H2,(H2,25,28)(H,27,29)/t20-/m1/s1. The number of nitrogens with one attached hydrogen (secondary N) is 2.